The SMILES string of the molecule is CN(C)c1nc(NC2CCC(CNC(=O)CSc3ccncc3)CC2)nc2ccccc12. The van der Waals surface area contributed by atoms with Gasteiger partial charge in [0.05, 0.1) is 11.3 Å². The number of carbonyl (C=O) groups is 1. The molecular formula is C24H30N6OS. The van der Waals surface area contributed by atoms with Crippen LogP contribution in [0.3, 0.4) is 0 Å². The van der Waals surface area contributed by atoms with Crippen LogP contribution in [0.4, 0.5) is 11.8 Å². The van der Waals surface area contributed by atoms with Crippen molar-refractivity contribution in [2.24, 2.45) is 5.92 Å². The molecule has 0 unspecified atom stereocenters. The Labute approximate surface area is 193 Å². The van der Waals surface area contributed by atoms with Gasteiger partial charge >= 0.3 is 0 Å². The summed E-state index contributed by atoms with van der Waals surface area (Å²) in [5, 5.41) is 7.71. The molecule has 2 N–H and O–H groups in total. The molecule has 1 aliphatic rings. The summed E-state index contributed by atoms with van der Waals surface area (Å²) in [6.45, 7) is 0.750. The van der Waals surface area contributed by atoms with Gasteiger partial charge < -0.3 is 15.5 Å². The van der Waals surface area contributed by atoms with Gasteiger partial charge in [-0.1, -0.05) is 12.1 Å². The second-order valence-electron chi connectivity index (χ2n) is 8.42. The molecule has 2 heterocycles. The standard InChI is InChI=1S/C24H30N6OS/c1-30(2)23-20-5-3-4-6-21(20)28-24(29-23)27-18-9-7-17(8-10-18)15-26-22(31)16-32-19-11-13-25-14-12-19/h3-6,11-14,17-18H,7-10,15-16H2,1-2H3,(H,26,31)(H,27,28,29). The van der Waals surface area contributed by atoms with Gasteiger partial charge in [0.15, 0.2) is 0 Å². The van der Waals surface area contributed by atoms with Crippen molar-refractivity contribution in [1.82, 2.24) is 20.3 Å². The second kappa shape index (κ2) is 10.6. The summed E-state index contributed by atoms with van der Waals surface area (Å²) in [6.07, 6.45) is 7.78. The number of carbonyl (C=O) groups excluding carboxylic acids is 1. The van der Waals surface area contributed by atoms with Crippen LogP contribution in [-0.4, -0.2) is 53.3 Å². The maximum Gasteiger partial charge on any atom is 0.230 e. The minimum Gasteiger partial charge on any atom is -0.362 e. The van der Waals surface area contributed by atoms with E-state index in [1.165, 1.54) is 0 Å². The number of pyridine rings is 1. The van der Waals surface area contributed by atoms with Crippen molar-refractivity contribution in [1.29, 1.82) is 0 Å². The molecule has 8 heteroatoms. The van der Waals surface area contributed by atoms with Gasteiger partial charge in [0.1, 0.15) is 5.82 Å². The summed E-state index contributed by atoms with van der Waals surface area (Å²) >= 11 is 1.54. The summed E-state index contributed by atoms with van der Waals surface area (Å²) in [6, 6.07) is 12.3. The van der Waals surface area contributed by atoms with Crippen LogP contribution in [-0.2, 0) is 4.79 Å². The lowest BCUT2D eigenvalue weighted by molar-refractivity contribution is -0.118. The highest BCUT2D eigenvalue weighted by molar-refractivity contribution is 8.00. The number of anilines is 2. The van der Waals surface area contributed by atoms with Gasteiger partial charge in [-0.25, -0.2) is 4.98 Å². The van der Waals surface area contributed by atoms with Gasteiger partial charge in [0.2, 0.25) is 11.9 Å². The average Bonchev–Trinajstić information content (AvgIpc) is 2.82. The zero-order valence-electron chi connectivity index (χ0n) is 18.6. The number of benzene rings is 1. The lowest BCUT2D eigenvalue weighted by Gasteiger charge is -2.29. The van der Waals surface area contributed by atoms with Crippen molar-refractivity contribution in [3.8, 4) is 0 Å². The molecule has 4 rings (SSSR count). The first-order valence-corrected chi connectivity index (χ1v) is 12.1. The third kappa shape index (κ3) is 5.88. The molecule has 0 aliphatic heterocycles. The van der Waals surface area contributed by atoms with E-state index in [4.69, 9.17) is 9.97 Å². The Morgan fingerprint density at radius 1 is 1.06 bits per heavy atom. The van der Waals surface area contributed by atoms with E-state index >= 15 is 0 Å². The number of thioether (sulfide) groups is 1. The minimum atomic E-state index is 0.0906. The van der Waals surface area contributed by atoms with E-state index in [0.717, 1.165) is 53.8 Å². The molecule has 1 aromatic carbocycles. The van der Waals surface area contributed by atoms with Crippen LogP contribution >= 0.6 is 11.8 Å². The van der Waals surface area contributed by atoms with Gasteiger partial charge in [-0.3, -0.25) is 9.78 Å². The predicted molar refractivity (Wildman–Crippen MR) is 131 cm³/mol. The Morgan fingerprint density at radius 3 is 2.56 bits per heavy atom. The summed E-state index contributed by atoms with van der Waals surface area (Å²) < 4.78 is 0. The Kier molecular flexibility index (Phi) is 7.42. The van der Waals surface area contributed by atoms with Gasteiger partial charge in [-0.15, -0.1) is 11.8 Å². The topological polar surface area (TPSA) is 83.0 Å². The molecule has 2 aromatic heterocycles. The number of hydrogen-bond donors (Lipinski definition) is 2. The van der Waals surface area contributed by atoms with Crippen molar-refractivity contribution in [2.75, 3.05) is 36.6 Å². The van der Waals surface area contributed by atoms with Crippen molar-refractivity contribution in [3.63, 3.8) is 0 Å². The summed E-state index contributed by atoms with van der Waals surface area (Å²) in [4.78, 5) is 28.8. The summed E-state index contributed by atoms with van der Waals surface area (Å²) in [5.74, 6) is 2.68. The third-order valence-corrected chi connectivity index (χ3v) is 6.81. The monoisotopic (exact) mass is 450 g/mol. The Hall–Kier alpha value is -2.87. The Morgan fingerprint density at radius 2 is 1.81 bits per heavy atom. The van der Waals surface area contributed by atoms with Gasteiger partial charge in [-0.05, 0) is 55.9 Å². The fraction of sp³-hybridized carbons (Fsp3) is 0.417. The van der Waals surface area contributed by atoms with Crippen LogP contribution in [0.2, 0.25) is 0 Å². The number of nitrogens with zero attached hydrogens (tertiary/aromatic N) is 4. The molecule has 32 heavy (non-hydrogen) atoms. The average molecular weight is 451 g/mol. The third-order valence-electron chi connectivity index (χ3n) is 5.79. The quantitative estimate of drug-likeness (QED) is 0.503. The molecular weight excluding hydrogens is 420 g/mol. The molecule has 7 nitrogen and oxygen atoms in total. The highest BCUT2D eigenvalue weighted by Gasteiger charge is 2.22. The normalized spacial score (nSPS) is 18.3. The van der Waals surface area contributed by atoms with Gasteiger partial charge in [-0.2, -0.15) is 4.98 Å². The lowest BCUT2D eigenvalue weighted by atomic mass is 9.86. The number of nitrogens with one attached hydrogen (secondary N) is 2. The first-order valence-electron chi connectivity index (χ1n) is 11.1. The van der Waals surface area contributed by atoms with E-state index in [1.54, 1.807) is 24.2 Å². The van der Waals surface area contributed by atoms with Crippen LogP contribution < -0.4 is 15.5 Å². The van der Waals surface area contributed by atoms with Crippen molar-refractivity contribution >= 4 is 40.3 Å². The molecule has 0 saturated heterocycles. The number of amides is 1. The molecule has 0 atom stereocenters. The molecule has 3 aromatic rings. The number of rotatable bonds is 8. The number of hydrogen-bond acceptors (Lipinski definition) is 7. The number of aromatic nitrogens is 3. The van der Waals surface area contributed by atoms with Crippen LogP contribution in [0.5, 0.6) is 0 Å². The molecule has 0 bridgehead atoms. The van der Waals surface area contributed by atoms with E-state index in [0.29, 0.717) is 23.7 Å². The second-order valence-corrected chi connectivity index (χ2v) is 9.47. The minimum absolute atomic E-state index is 0.0906. The Bertz CT molecular complexity index is 1040. The molecule has 1 aliphatic carbocycles. The van der Waals surface area contributed by atoms with Crippen molar-refractivity contribution < 1.29 is 4.79 Å². The Balaban J connectivity index is 1.24. The largest absolute Gasteiger partial charge is 0.362 e. The highest BCUT2D eigenvalue weighted by atomic mass is 32.2. The van der Waals surface area contributed by atoms with E-state index in [-0.39, 0.29) is 5.91 Å². The molecule has 1 amide bonds. The maximum atomic E-state index is 12.2. The molecule has 168 valence electrons. The fourth-order valence-electron chi connectivity index (χ4n) is 4.05. The van der Waals surface area contributed by atoms with E-state index in [9.17, 15) is 4.79 Å². The summed E-state index contributed by atoms with van der Waals surface area (Å²) in [5.41, 5.74) is 0.953. The molecule has 1 saturated carbocycles. The van der Waals surface area contributed by atoms with E-state index < -0.39 is 0 Å². The lowest BCUT2D eigenvalue weighted by Crippen LogP contribution is -2.35. The van der Waals surface area contributed by atoms with Gasteiger partial charge in [0, 0.05) is 49.4 Å². The van der Waals surface area contributed by atoms with Crippen molar-refractivity contribution in [2.45, 2.75) is 36.6 Å². The van der Waals surface area contributed by atoms with Crippen molar-refractivity contribution in [3.05, 3.63) is 48.8 Å². The molecule has 0 spiro atoms. The van der Waals surface area contributed by atoms with E-state index in [1.807, 2.05) is 49.3 Å². The van der Waals surface area contributed by atoms with Crippen LogP contribution in [0.25, 0.3) is 10.9 Å². The van der Waals surface area contributed by atoms with Gasteiger partial charge in [0.25, 0.3) is 0 Å². The molecule has 0 radical (unpaired) electrons. The number of fused-ring (bicyclic) bond motifs is 1. The van der Waals surface area contributed by atoms with Crippen LogP contribution in [0.1, 0.15) is 25.7 Å². The number of para-hydroxylation sites is 1. The first-order chi connectivity index (χ1) is 15.6. The zero-order chi connectivity index (χ0) is 22.3. The predicted octanol–water partition coefficient (Wildman–Crippen LogP) is 3.97. The summed E-state index contributed by atoms with van der Waals surface area (Å²) in [7, 11) is 4.02. The molecule has 1 fully saturated rings. The highest BCUT2D eigenvalue weighted by Crippen LogP contribution is 2.28. The smallest absolute Gasteiger partial charge is 0.230 e. The van der Waals surface area contributed by atoms with Crippen LogP contribution in [0, 0.1) is 5.92 Å². The maximum absolute atomic E-state index is 12.2. The van der Waals surface area contributed by atoms with E-state index in [2.05, 4.69) is 21.7 Å². The zero-order valence-corrected chi connectivity index (χ0v) is 19.4. The first kappa shape index (κ1) is 22.3. The van der Waals surface area contributed by atoms with Crippen LogP contribution in [0.15, 0.2) is 53.7 Å². The fourth-order valence-corrected chi connectivity index (χ4v) is 4.77.